The SMILES string of the molecule is COc1ccc(-c2cccc(OC(C)=O)c2)cc1C(C)=NO. The molecule has 2 rings (SSSR count). The Kier molecular flexibility index (Phi) is 4.78. The van der Waals surface area contributed by atoms with Crippen LogP contribution in [0.25, 0.3) is 11.1 Å². The Morgan fingerprint density at radius 2 is 1.82 bits per heavy atom. The number of carbonyl (C=O) groups excluding carboxylic acids is 1. The highest BCUT2D eigenvalue weighted by Crippen LogP contribution is 2.29. The number of ether oxygens (including phenoxy) is 2. The molecule has 0 radical (unpaired) electrons. The van der Waals surface area contributed by atoms with Crippen molar-refractivity contribution in [3.05, 3.63) is 48.0 Å². The Morgan fingerprint density at radius 3 is 2.45 bits per heavy atom. The van der Waals surface area contributed by atoms with Gasteiger partial charge in [0.2, 0.25) is 0 Å². The van der Waals surface area contributed by atoms with Crippen LogP contribution in [0.1, 0.15) is 19.4 Å². The van der Waals surface area contributed by atoms with Gasteiger partial charge in [-0.05, 0) is 42.3 Å². The summed E-state index contributed by atoms with van der Waals surface area (Å²) in [6.07, 6.45) is 0. The van der Waals surface area contributed by atoms with E-state index in [0.717, 1.165) is 11.1 Å². The van der Waals surface area contributed by atoms with Crippen molar-refractivity contribution in [2.24, 2.45) is 5.16 Å². The van der Waals surface area contributed by atoms with E-state index in [2.05, 4.69) is 5.16 Å². The third kappa shape index (κ3) is 3.44. The van der Waals surface area contributed by atoms with Crippen LogP contribution in [0.4, 0.5) is 0 Å². The fraction of sp³-hybridized carbons (Fsp3) is 0.176. The van der Waals surface area contributed by atoms with Gasteiger partial charge in [0.05, 0.1) is 12.8 Å². The van der Waals surface area contributed by atoms with Gasteiger partial charge < -0.3 is 14.7 Å². The predicted molar refractivity (Wildman–Crippen MR) is 83.7 cm³/mol. The highest BCUT2D eigenvalue weighted by atomic mass is 16.5. The van der Waals surface area contributed by atoms with Crippen LogP contribution in [0.3, 0.4) is 0 Å². The van der Waals surface area contributed by atoms with Gasteiger partial charge in [-0.3, -0.25) is 4.79 Å². The molecule has 1 N–H and O–H groups in total. The van der Waals surface area contributed by atoms with Gasteiger partial charge in [0.15, 0.2) is 0 Å². The van der Waals surface area contributed by atoms with Gasteiger partial charge in [-0.25, -0.2) is 0 Å². The average molecular weight is 299 g/mol. The molecule has 0 aliphatic heterocycles. The average Bonchev–Trinajstić information content (AvgIpc) is 2.53. The number of oxime groups is 1. The largest absolute Gasteiger partial charge is 0.496 e. The lowest BCUT2D eigenvalue weighted by atomic mass is 10.0. The molecule has 5 heteroatoms. The maximum absolute atomic E-state index is 11.0. The summed E-state index contributed by atoms with van der Waals surface area (Å²) >= 11 is 0. The molecular formula is C17H17NO4. The summed E-state index contributed by atoms with van der Waals surface area (Å²) < 4.78 is 10.4. The number of methoxy groups -OCH3 is 1. The van der Waals surface area contributed by atoms with E-state index in [-0.39, 0.29) is 5.97 Å². The summed E-state index contributed by atoms with van der Waals surface area (Å²) in [7, 11) is 1.56. The second-order valence-corrected chi connectivity index (χ2v) is 4.72. The zero-order valence-corrected chi connectivity index (χ0v) is 12.7. The maximum atomic E-state index is 11.0. The van der Waals surface area contributed by atoms with Crippen LogP contribution < -0.4 is 9.47 Å². The zero-order valence-electron chi connectivity index (χ0n) is 12.7. The van der Waals surface area contributed by atoms with E-state index in [0.29, 0.717) is 22.8 Å². The third-order valence-electron chi connectivity index (χ3n) is 3.17. The molecule has 0 amide bonds. The van der Waals surface area contributed by atoms with E-state index in [9.17, 15) is 4.79 Å². The highest BCUT2D eigenvalue weighted by molar-refractivity contribution is 6.01. The molecule has 0 spiro atoms. The van der Waals surface area contributed by atoms with E-state index < -0.39 is 0 Å². The molecular weight excluding hydrogens is 282 g/mol. The summed E-state index contributed by atoms with van der Waals surface area (Å²) in [4.78, 5) is 11.0. The first-order chi connectivity index (χ1) is 10.5. The first-order valence-electron chi connectivity index (χ1n) is 6.71. The number of carbonyl (C=O) groups is 1. The molecule has 22 heavy (non-hydrogen) atoms. The molecule has 0 aromatic heterocycles. The van der Waals surface area contributed by atoms with Crippen LogP contribution >= 0.6 is 0 Å². The second kappa shape index (κ2) is 6.76. The van der Waals surface area contributed by atoms with Crippen molar-refractivity contribution < 1.29 is 19.5 Å². The molecule has 5 nitrogen and oxygen atoms in total. The lowest BCUT2D eigenvalue weighted by Gasteiger charge is -2.11. The number of hydrogen-bond acceptors (Lipinski definition) is 5. The molecule has 2 aromatic rings. The minimum atomic E-state index is -0.365. The van der Waals surface area contributed by atoms with E-state index in [4.69, 9.17) is 14.7 Å². The van der Waals surface area contributed by atoms with Crippen molar-refractivity contribution in [2.45, 2.75) is 13.8 Å². The number of rotatable bonds is 4. The quantitative estimate of drug-likeness (QED) is 0.308. The normalized spacial score (nSPS) is 11.1. The van der Waals surface area contributed by atoms with Crippen molar-refractivity contribution in [3.63, 3.8) is 0 Å². The van der Waals surface area contributed by atoms with E-state index in [1.165, 1.54) is 6.92 Å². The minimum Gasteiger partial charge on any atom is -0.496 e. The number of nitrogens with zero attached hydrogens (tertiary/aromatic N) is 1. The van der Waals surface area contributed by atoms with E-state index >= 15 is 0 Å². The molecule has 0 aliphatic rings. The van der Waals surface area contributed by atoms with Gasteiger partial charge in [-0.1, -0.05) is 23.4 Å². The topological polar surface area (TPSA) is 68.1 Å². The van der Waals surface area contributed by atoms with E-state index in [1.54, 1.807) is 32.2 Å². The maximum Gasteiger partial charge on any atom is 0.308 e. The van der Waals surface area contributed by atoms with Gasteiger partial charge in [-0.15, -0.1) is 0 Å². The standard InChI is InChI=1S/C17H17NO4/c1-11(18-20)16-10-14(7-8-17(16)21-3)13-5-4-6-15(9-13)22-12(2)19/h4-10,20H,1-3H3. The Labute approximate surface area is 128 Å². The molecule has 0 aliphatic carbocycles. The smallest absolute Gasteiger partial charge is 0.308 e. The van der Waals surface area contributed by atoms with Gasteiger partial charge in [-0.2, -0.15) is 0 Å². The Balaban J connectivity index is 2.47. The van der Waals surface area contributed by atoms with Crippen LogP contribution in [0.15, 0.2) is 47.6 Å². The van der Waals surface area contributed by atoms with Crippen LogP contribution in [0.5, 0.6) is 11.5 Å². The van der Waals surface area contributed by atoms with Gasteiger partial charge in [0, 0.05) is 12.5 Å². The first-order valence-corrected chi connectivity index (χ1v) is 6.71. The van der Waals surface area contributed by atoms with Gasteiger partial charge in [0.25, 0.3) is 0 Å². The van der Waals surface area contributed by atoms with Gasteiger partial charge in [0.1, 0.15) is 11.5 Å². The number of hydrogen-bond donors (Lipinski definition) is 1. The summed E-state index contributed by atoms with van der Waals surface area (Å²) in [6, 6.07) is 12.8. The highest BCUT2D eigenvalue weighted by Gasteiger charge is 2.10. The van der Waals surface area contributed by atoms with Crippen LogP contribution in [-0.4, -0.2) is 24.0 Å². The summed E-state index contributed by atoms with van der Waals surface area (Å²) in [5.74, 6) is 0.737. The molecule has 2 aromatic carbocycles. The van der Waals surface area contributed by atoms with E-state index in [1.807, 2.05) is 24.3 Å². The van der Waals surface area contributed by atoms with Crippen molar-refractivity contribution >= 4 is 11.7 Å². The predicted octanol–water partition coefficient (Wildman–Crippen LogP) is 3.49. The van der Waals surface area contributed by atoms with Crippen molar-refractivity contribution in [1.29, 1.82) is 0 Å². The second-order valence-electron chi connectivity index (χ2n) is 4.72. The fourth-order valence-corrected chi connectivity index (χ4v) is 2.13. The Bertz CT molecular complexity index is 722. The third-order valence-corrected chi connectivity index (χ3v) is 3.17. The zero-order chi connectivity index (χ0) is 16.1. The fourth-order valence-electron chi connectivity index (χ4n) is 2.13. The Hall–Kier alpha value is -2.82. The molecule has 0 bridgehead atoms. The molecule has 0 unspecified atom stereocenters. The molecule has 0 saturated heterocycles. The molecule has 0 saturated carbocycles. The molecule has 0 atom stereocenters. The number of benzene rings is 2. The van der Waals surface area contributed by atoms with Crippen molar-refractivity contribution in [3.8, 4) is 22.6 Å². The van der Waals surface area contributed by atoms with Crippen LogP contribution in [0, 0.1) is 0 Å². The molecule has 114 valence electrons. The van der Waals surface area contributed by atoms with Crippen molar-refractivity contribution in [1.82, 2.24) is 0 Å². The van der Waals surface area contributed by atoms with Crippen LogP contribution in [0.2, 0.25) is 0 Å². The number of esters is 1. The van der Waals surface area contributed by atoms with Crippen LogP contribution in [-0.2, 0) is 4.79 Å². The monoisotopic (exact) mass is 299 g/mol. The minimum absolute atomic E-state index is 0.365. The first kappa shape index (κ1) is 15.6. The summed E-state index contributed by atoms with van der Waals surface area (Å²) in [6.45, 7) is 3.05. The van der Waals surface area contributed by atoms with Gasteiger partial charge >= 0.3 is 5.97 Å². The Morgan fingerprint density at radius 1 is 1.09 bits per heavy atom. The summed E-state index contributed by atoms with van der Waals surface area (Å²) in [5.41, 5.74) is 2.93. The molecule has 0 heterocycles. The summed E-state index contributed by atoms with van der Waals surface area (Å²) in [5, 5.41) is 12.2. The van der Waals surface area contributed by atoms with Crippen molar-refractivity contribution in [2.75, 3.05) is 7.11 Å². The lowest BCUT2D eigenvalue weighted by Crippen LogP contribution is -2.01. The lowest BCUT2D eigenvalue weighted by molar-refractivity contribution is -0.131. The molecule has 0 fully saturated rings.